The average molecular weight is 323 g/mol. The van der Waals surface area contributed by atoms with Gasteiger partial charge in [0.05, 0.1) is 5.69 Å². The van der Waals surface area contributed by atoms with Crippen molar-refractivity contribution in [1.29, 1.82) is 0 Å². The summed E-state index contributed by atoms with van der Waals surface area (Å²) < 4.78 is 5.79. The number of carbonyl (C=O) groups is 1. The van der Waals surface area contributed by atoms with Crippen LogP contribution in [0.3, 0.4) is 0 Å². The molecular weight excluding hydrogens is 302 g/mol. The molecule has 0 unspecified atom stereocenters. The van der Waals surface area contributed by atoms with E-state index in [1.807, 2.05) is 73.7 Å². The number of hydrogen-bond donors (Lipinski definition) is 2. The van der Waals surface area contributed by atoms with E-state index >= 15 is 0 Å². The Hall–Kier alpha value is -2.79. The van der Waals surface area contributed by atoms with Crippen LogP contribution in [0.15, 0.2) is 54.7 Å². The van der Waals surface area contributed by atoms with Gasteiger partial charge in [-0.25, -0.2) is 0 Å². The first kappa shape index (κ1) is 16.1. The third-order valence-electron chi connectivity index (χ3n) is 3.77. The molecule has 0 aliphatic heterocycles. The molecule has 0 atom stereocenters. The average Bonchev–Trinajstić information content (AvgIpc) is 3.04. The van der Waals surface area contributed by atoms with Gasteiger partial charge in [-0.3, -0.25) is 4.79 Å². The molecule has 5 nitrogen and oxygen atoms in total. The van der Waals surface area contributed by atoms with Gasteiger partial charge < -0.3 is 19.9 Å². The van der Waals surface area contributed by atoms with Crippen molar-refractivity contribution in [3.63, 3.8) is 0 Å². The maximum Gasteiger partial charge on any atom is 0.256 e. The molecule has 3 rings (SSSR count). The highest BCUT2D eigenvalue weighted by atomic mass is 16.5. The van der Waals surface area contributed by atoms with Crippen LogP contribution in [0.4, 0.5) is 5.69 Å². The molecule has 24 heavy (non-hydrogen) atoms. The molecule has 124 valence electrons. The van der Waals surface area contributed by atoms with Gasteiger partial charge in [0.2, 0.25) is 0 Å². The van der Waals surface area contributed by atoms with Gasteiger partial charge >= 0.3 is 0 Å². The first-order valence-electron chi connectivity index (χ1n) is 7.89. The second kappa shape index (κ2) is 7.19. The van der Waals surface area contributed by atoms with Crippen molar-refractivity contribution >= 4 is 22.5 Å². The standard InChI is InChI=1S/C19H21N3O2/c1-22(2)12-13-24-18-9-4-3-7-17(18)21-19(23)15-6-5-8-16-14(15)10-11-20-16/h3-11,20H,12-13H2,1-2H3,(H,21,23). The number of ether oxygens (including phenoxy) is 1. The van der Waals surface area contributed by atoms with Crippen molar-refractivity contribution in [2.24, 2.45) is 0 Å². The number of nitrogens with one attached hydrogen (secondary N) is 2. The Kier molecular flexibility index (Phi) is 4.82. The summed E-state index contributed by atoms with van der Waals surface area (Å²) in [6, 6.07) is 15.0. The fraction of sp³-hybridized carbons (Fsp3) is 0.211. The second-order valence-corrected chi connectivity index (χ2v) is 5.85. The molecule has 0 spiro atoms. The zero-order valence-electron chi connectivity index (χ0n) is 13.9. The summed E-state index contributed by atoms with van der Waals surface area (Å²) in [5.74, 6) is 0.526. The van der Waals surface area contributed by atoms with E-state index in [0.717, 1.165) is 17.4 Å². The highest BCUT2D eigenvalue weighted by Gasteiger charge is 2.13. The molecule has 0 radical (unpaired) electrons. The molecule has 5 heteroatoms. The van der Waals surface area contributed by atoms with Crippen molar-refractivity contribution in [3.05, 3.63) is 60.3 Å². The number of H-pyrrole nitrogens is 1. The van der Waals surface area contributed by atoms with Crippen molar-refractivity contribution in [2.75, 3.05) is 32.6 Å². The fourth-order valence-corrected chi connectivity index (χ4v) is 2.51. The molecule has 2 aromatic carbocycles. The normalized spacial score (nSPS) is 11.0. The summed E-state index contributed by atoms with van der Waals surface area (Å²) in [5.41, 5.74) is 2.25. The quantitative estimate of drug-likeness (QED) is 0.731. The van der Waals surface area contributed by atoms with Crippen molar-refractivity contribution in [1.82, 2.24) is 9.88 Å². The molecule has 0 aliphatic carbocycles. The van der Waals surface area contributed by atoms with E-state index < -0.39 is 0 Å². The molecule has 0 saturated heterocycles. The lowest BCUT2D eigenvalue weighted by Gasteiger charge is -2.14. The van der Waals surface area contributed by atoms with Gasteiger partial charge in [0.1, 0.15) is 12.4 Å². The van der Waals surface area contributed by atoms with E-state index in [1.165, 1.54) is 0 Å². The molecular formula is C19H21N3O2. The number of amides is 1. The zero-order valence-corrected chi connectivity index (χ0v) is 13.9. The van der Waals surface area contributed by atoms with Gasteiger partial charge in [-0.05, 0) is 44.4 Å². The maximum absolute atomic E-state index is 12.7. The van der Waals surface area contributed by atoms with E-state index in [1.54, 1.807) is 0 Å². The van der Waals surface area contributed by atoms with Crippen molar-refractivity contribution < 1.29 is 9.53 Å². The van der Waals surface area contributed by atoms with Crippen LogP contribution >= 0.6 is 0 Å². The number of nitrogens with zero attached hydrogens (tertiary/aromatic N) is 1. The SMILES string of the molecule is CN(C)CCOc1ccccc1NC(=O)c1cccc2[nH]ccc12. The Labute approximate surface area is 141 Å². The number of benzene rings is 2. The third kappa shape index (κ3) is 3.58. The summed E-state index contributed by atoms with van der Waals surface area (Å²) >= 11 is 0. The largest absolute Gasteiger partial charge is 0.490 e. The highest BCUT2D eigenvalue weighted by Crippen LogP contribution is 2.25. The van der Waals surface area contributed by atoms with E-state index in [-0.39, 0.29) is 5.91 Å². The Balaban J connectivity index is 1.78. The summed E-state index contributed by atoms with van der Waals surface area (Å²) in [6.45, 7) is 1.37. The Morgan fingerprint density at radius 2 is 1.96 bits per heavy atom. The number of para-hydroxylation sites is 2. The lowest BCUT2D eigenvalue weighted by molar-refractivity contribution is 0.102. The van der Waals surface area contributed by atoms with Crippen LogP contribution in [-0.2, 0) is 0 Å². The van der Waals surface area contributed by atoms with Crippen LogP contribution in [0.5, 0.6) is 5.75 Å². The Bertz CT molecular complexity index is 839. The van der Waals surface area contributed by atoms with Crippen LogP contribution in [0, 0.1) is 0 Å². The third-order valence-corrected chi connectivity index (χ3v) is 3.77. The van der Waals surface area contributed by atoms with Crippen molar-refractivity contribution in [2.45, 2.75) is 0 Å². The molecule has 1 amide bonds. The summed E-state index contributed by atoms with van der Waals surface area (Å²) in [5, 5.41) is 3.86. The molecule has 3 aromatic rings. The Morgan fingerprint density at radius 1 is 1.12 bits per heavy atom. The van der Waals surface area contributed by atoms with Crippen LogP contribution in [0.25, 0.3) is 10.9 Å². The van der Waals surface area contributed by atoms with Crippen molar-refractivity contribution in [3.8, 4) is 5.75 Å². The number of hydrogen-bond acceptors (Lipinski definition) is 3. The molecule has 0 saturated carbocycles. The zero-order chi connectivity index (χ0) is 16.9. The summed E-state index contributed by atoms with van der Waals surface area (Å²) in [4.78, 5) is 17.8. The molecule has 0 aliphatic rings. The van der Waals surface area contributed by atoms with Gasteiger partial charge in [-0.15, -0.1) is 0 Å². The number of carbonyl (C=O) groups excluding carboxylic acids is 1. The molecule has 1 heterocycles. The molecule has 2 N–H and O–H groups in total. The monoisotopic (exact) mass is 323 g/mol. The van der Waals surface area contributed by atoms with Gasteiger partial charge in [0.15, 0.2) is 0 Å². The number of likely N-dealkylation sites (N-methyl/N-ethyl adjacent to an activating group) is 1. The number of rotatable bonds is 6. The lowest BCUT2D eigenvalue weighted by Crippen LogP contribution is -2.20. The molecule has 0 fully saturated rings. The van der Waals surface area contributed by atoms with Gasteiger partial charge in [0, 0.05) is 29.2 Å². The number of anilines is 1. The van der Waals surface area contributed by atoms with Crippen LogP contribution in [0.2, 0.25) is 0 Å². The van der Waals surface area contributed by atoms with Gasteiger partial charge in [-0.2, -0.15) is 0 Å². The van der Waals surface area contributed by atoms with Crippen LogP contribution in [0.1, 0.15) is 10.4 Å². The van der Waals surface area contributed by atoms with E-state index in [4.69, 9.17) is 4.74 Å². The first-order chi connectivity index (χ1) is 11.6. The van der Waals surface area contributed by atoms with Gasteiger partial charge in [-0.1, -0.05) is 18.2 Å². The Morgan fingerprint density at radius 3 is 2.79 bits per heavy atom. The van der Waals surface area contributed by atoms with E-state index in [2.05, 4.69) is 10.3 Å². The van der Waals surface area contributed by atoms with E-state index in [0.29, 0.717) is 23.6 Å². The van der Waals surface area contributed by atoms with Crippen LogP contribution in [-0.4, -0.2) is 43.0 Å². The second-order valence-electron chi connectivity index (χ2n) is 5.85. The predicted octanol–water partition coefficient (Wildman–Crippen LogP) is 3.36. The fourth-order valence-electron chi connectivity index (χ4n) is 2.51. The summed E-state index contributed by atoms with van der Waals surface area (Å²) in [7, 11) is 3.99. The van der Waals surface area contributed by atoms with Crippen LogP contribution < -0.4 is 10.1 Å². The number of aromatic amines is 1. The summed E-state index contributed by atoms with van der Waals surface area (Å²) in [6.07, 6.45) is 1.83. The predicted molar refractivity (Wildman–Crippen MR) is 96.7 cm³/mol. The minimum atomic E-state index is -0.149. The minimum Gasteiger partial charge on any atom is -0.490 e. The maximum atomic E-state index is 12.7. The lowest BCUT2D eigenvalue weighted by atomic mass is 10.1. The molecule has 0 bridgehead atoms. The molecule has 1 aromatic heterocycles. The van der Waals surface area contributed by atoms with E-state index in [9.17, 15) is 4.79 Å². The highest BCUT2D eigenvalue weighted by molar-refractivity contribution is 6.12. The smallest absolute Gasteiger partial charge is 0.256 e. The van der Waals surface area contributed by atoms with Gasteiger partial charge in [0.25, 0.3) is 5.91 Å². The first-order valence-corrected chi connectivity index (χ1v) is 7.89. The topological polar surface area (TPSA) is 57.4 Å². The number of fused-ring (bicyclic) bond motifs is 1. The number of aromatic nitrogens is 1. The minimum absolute atomic E-state index is 0.149.